The zero-order valence-electron chi connectivity index (χ0n) is 11.4. The highest BCUT2D eigenvalue weighted by atomic mass is 35.5. The second-order valence-electron chi connectivity index (χ2n) is 4.30. The van der Waals surface area contributed by atoms with Crippen LogP contribution in [-0.4, -0.2) is 20.0 Å². The lowest BCUT2D eigenvalue weighted by molar-refractivity contribution is 0.415. The second kappa shape index (κ2) is 5.84. The van der Waals surface area contributed by atoms with E-state index in [4.69, 9.17) is 27.5 Å². The van der Waals surface area contributed by atoms with Crippen LogP contribution in [0.25, 0.3) is 0 Å². The second-order valence-corrected chi connectivity index (χ2v) is 4.71. The Morgan fingerprint density at radius 2 is 1.85 bits per heavy atom. The first-order valence-electron chi connectivity index (χ1n) is 6.05. The minimum atomic E-state index is -0.0500. The Bertz CT molecular complexity index is 626. The molecule has 20 heavy (non-hydrogen) atoms. The SMILES string of the molecule is COc1ccc(N(C)c2cccc(Cl)c2C(=N)N)cc1. The summed E-state index contributed by atoms with van der Waals surface area (Å²) >= 11 is 6.14. The number of hydrogen-bond donors (Lipinski definition) is 2. The normalized spacial score (nSPS) is 10.2. The molecular weight excluding hydrogens is 274 g/mol. The van der Waals surface area contributed by atoms with E-state index < -0.39 is 0 Å². The molecule has 104 valence electrons. The summed E-state index contributed by atoms with van der Waals surface area (Å²) in [4.78, 5) is 1.93. The zero-order valence-corrected chi connectivity index (χ0v) is 12.1. The summed E-state index contributed by atoms with van der Waals surface area (Å²) in [5.74, 6) is 0.742. The van der Waals surface area contributed by atoms with E-state index in [1.807, 2.05) is 48.3 Å². The average molecular weight is 290 g/mol. The molecule has 0 heterocycles. The Morgan fingerprint density at radius 1 is 1.20 bits per heavy atom. The van der Waals surface area contributed by atoms with E-state index in [9.17, 15) is 0 Å². The average Bonchev–Trinajstić information content (AvgIpc) is 2.46. The molecule has 0 amide bonds. The number of nitrogens with two attached hydrogens (primary N) is 1. The molecule has 0 atom stereocenters. The molecule has 5 heteroatoms. The van der Waals surface area contributed by atoms with Gasteiger partial charge in [0.1, 0.15) is 11.6 Å². The van der Waals surface area contributed by atoms with Gasteiger partial charge < -0.3 is 15.4 Å². The summed E-state index contributed by atoms with van der Waals surface area (Å²) in [7, 11) is 3.53. The number of ether oxygens (including phenoxy) is 1. The number of nitrogens with zero attached hydrogens (tertiary/aromatic N) is 1. The van der Waals surface area contributed by atoms with E-state index in [-0.39, 0.29) is 5.84 Å². The summed E-state index contributed by atoms with van der Waals surface area (Å²) in [6, 6.07) is 13.1. The Kier molecular flexibility index (Phi) is 4.15. The molecule has 0 unspecified atom stereocenters. The van der Waals surface area contributed by atoms with Crippen molar-refractivity contribution in [1.29, 1.82) is 5.41 Å². The first kappa shape index (κ1) is 14.2. The number of anilines is 2. The van der Waals surface area contributed by atoms with Gasteiger partial charge in [-0.2, -0.15) is 0 Å². The summed E-state index contributed by atoms with van der Waals surface area (Å²) in [5, 5.41) is 8.15. The minimum absolute atomic E-state index is 0.0500. The van der Waals surface area contributed by atoms with Crippen LogP contribution in [0, 0.1) is 5.41 Å². The molecule has 0 saturated carbocycles. The topological polar surface area (TPSA) is 62.3 Å². The van der Waals surface area contributed by atoms with Crippen LogP contribution in [0.4, 0.5) is 11.4 Å². The smallest absolute Gasteiger partial charge is 0.126 e. The predicted octanol–water partition coefficient (Wildman–Crippen LogP) is 3.40. The van der Waals surface area contributed by atoms with Crippen LogP contribution in [0.15, 0.2) is 42.5 Å². The molecule has 2 aromatic carbocycles. The lowest BCUT2D eigenvalue weighted by atomic mass is 10.1. The third-order valence-corrected chi connectivity index (χ3v) is 3.40. The van der Waals surface area contributed by atoms with Gasteiger partial charge in [-0.1, -0.05) is 17.7 Å². The first-order valence-corrected chi connectivity index (χ1v) is 6.43. The lowest BCUT2D eigenvalue weighted by Crippen LogP contribution is -2.19. The number of methoxy groups -OCH3 is 1. The summed E-state index contributed by atoms with van der Waals surface area (Å²) in [5.41, 5.74) is 7.91. The molecule has 0 bridgehead atoms. The van der Waals surface area contributed by atoms with Gasteiger partial charge >= 0.3 is 0 Å². The van der Waals surface area contributed by atoms with Crippen molar-refractivity contribution in [3.63, 3.8) is 0 Å². The highest BCUT2D eigenvalue weighted by Crippen LogP contribution is 2.31. The van der Waals surface area contributed by atoms with Crippen molar-refractivity contribution < 1.29 is 4.74 Å². The molecule has 2 aromatic rings. The van der Waals surface area contributed by atoms with Gasteiger partial charge in [0.25, 0.3) is 0 Å². The number of benzene rings is 2. The third kappa shape index (κ3) is 2.70. The van der Waals surface area contributed by atoms with E-state index in [2.05, 4.69) is 0 Å². The Hall–Kier alpha value is -2.20. The number of nitrogens with one attached hydrogen (secondary N) is 1. The Labute approximate surface area is 123 Å². The minimum Gasteiger partial charge on any atom is -0.497 e. The number of halogens is 1. The maximum atomic E-state index is 7.68. The molecule has 0 radical (unpaired) electrons. The molecule has 0 aliphatic heterocycles. The molecule has 3 N–H and O–H groups in total. The van der Waals surface area contributed by atoms with Crippen molar-refractivity contribution >= 4 is 28.8 Å². The lowest BCUT2D eigenvalue weighted by Gasteiger charge is -2.23. The van der Waals surface area contributed by atoms with Crippen LogP contribution >= 0.6 is 11.6 Å². The zero-order chi connectivity index (χ0) is 14.7. The van der Waals surface area contributed by atoms with Gasteiger partial charge in [0.15, 0.2) is 0 Å². The fraction of sp³-hybridized carbons (Fsp3) is 0.133. The van der Waals surface area contributed by atoms with Gasteiger partial charge in [0, 0.05) is 12.7 Å². The van der Waals surface area contributed by atoms with E-state index in [0.29, 0.717) is 10.6 Å². The number of nitrogen functional groups attached to an aromatic ring is 1. The molecule has 0 aliphatic carbocycles. The van der Waals surface area contributed by atoms with Crippen molar-refractivity contribution in [1.82, 2.24) is 0 Å². The molecule has 4 nitrogen and oxygen atoms in total. The summed E-state index contributed by atoms with van der Waals surface area (Å²) in [6.07, 6.45) is 0. The maximum absolute atomic E-state index is 7.68. The highest BCUT2D eigenvalue weighted by molar-refractivity contribution is 6.34. The number of amidine groups is 1. The van der Waals surface area contributed by atoms with Gasteiger partial charge in [-0.3, -0.25) is 5.41 Å². The van der Waals surface area contributed by atoms with Crippen molar-refractivity contribution in [3.8, 4) is 5.75 Å². The van der Waals surface area contributed by atoms with E-state index in [1.54, 1.807) is 13.2 Å². The standard InChI is InChI=1S/C15H16ClN3O/c1-19(10-6-8-11(20-2)9-7-10)13-5-3-4-12(16)14(13)15(17)18/h3-9H,1-2H3,(H3,17,18). The van der Waals surface area contributed by atoms with E-state index >= 15 is 0 Å². The number of hydrogen-bond acceptors (Lipinski definition) is 3. The Balaban J connectivity index is 2.44. The van der Waals surface area contributed by atoms with Crippen LogP contribution in [-0.2, 0) is 0 Å². The summed E-state index contributed by atoms with van der Waals surface area (Å²) < 4.78 is 5.14. The van der Waals surface area contributed by atoms with Crippen molar-refractivity contribution in [2.45, 2.75) is 0 Å². The first-order chi connectivity index (χ1) is 9.54. The highest BCUT2D eigenvalue weighted by Gasteiger charge is 2.14. The molecule has 0 saturated heterocycles. The van der Waals surface area contributed by atoms with Gasteiger partial charge in [-0.05, 0) is 36.4 Å². The molecule has 0 spiro atoms. The fourth-order valence-electron chi connectivity index (χ4n) is 2.00. The van der Waals surface area contributed by atoms with Gasteiger partial charge in [0.05, 0.1) is 23.4 Å². The largest absolute Gasteiger partial charge is 0.497 e. The monoisotopic (exact) mass is 289 g/mol. The third-order valence-electron chi connectivity index (χ3n) is 3.08. The fourth-order valence-corrected chi connectivity index (χ4v) is 2.28. The van der Waals surface area contributed by atoms with Gasteiger partial charge in [-0.15, -0.1) is 0 Å². The van der Waals surface area contributed by atoms with Crippen LogP contribution in [0.2, 0.25) is 5.02 Å². The van der Waals surface area contributed by atoms with E-state index in [0.717, 1.165) is 17.1 Å². The quantitative estimate of drug-likeness (QED) is 0.670. The molecule has 0 aromatic heterocycles. The molecular formula is C15H16ClN3O. The molecule has 2 rings (SSSR count). The van der Waals surface area contributed by atoms with Crippen LogP contribution in [0.5, 0.6) is 5.75 Å². The van der Waals surface area contributed by atoms with Gasteiger partial charge in [-0.25, -0.2) is 0 Å². The van der Waals surface area contributed by atoms with Crippen molar-refractivity contribution in [2.75, 3.05) is 19.1 Å². The van der Waals surface area contributed by atoms with Crippen molar-refractivity contribution in [3.05, 3.63) is 53.1 Å². The number of rotatable bonds is 4. The molecule has 0 aliphatic rings. The Morgan fingerprint density at radius 3 is 2.40 bits per heavy atom. The van der Waals surface area contributed by atoms with E-state index in [1.165, 1.54) is 0 Å². The van der Waals surface area contributed by atoms with Crippen molar-refractivity contribution in [2.24, 2.45) is 5.73 Å². The van der Waals surface area contributed by atoms with Crippen LogP contribution in [0.1, 0.15) is 5.56 Å². The van der Waals surface area contributed by atoms with Gasteiger partial charge in [0.2, 0.25) is 0 Å². The molecule has 0 fully saturated rings. The predicted molar refractivity (Wildman–Crippen MR) is 83.5 cm³/mol. The van der Waals surface area contributed by atoms with Crippen LogP contribution < -0.4 is 15.4 Å². The van der Waals surface area contributed by atoms with Crippen LogP contribution in [0.3, 0.4) is 0 Å². The maximum Gasteiger partial charge on any atom is 0.126 e. The summed E-state index contributed by atoms with van der Waals surface area (Å²) in [6.45, 7) is 0.